The number of hydrogen-bond donors (Lipinski definition) is 2. The summed E-state index contributed by atoms with van der Waals surface area (Å²) in [5, 5.41) is 11.7. The highest BCUT2D eigenvalue weighted by atomic mass is 16.5. The van der Waals surface area contributed by atoms with E-state index in [0.717, 1.165) is 12.8 Å². The third kappa shape index (κ3) is 3.00. The number of carbonyl (C=O) groups is 2. The van der Waals surface area contributed by atoms with Crippen molar-refractivity contribution in [3.63, 3.8) is 0 Å². The Balaban J connectivity index is 2.08. The summed E-state index contributed by atoms with van der Waals surface area (Å²) in [6.45, 7) is 0. The van der Waals surface area contributed by atoms with Gasteiger partial charge in [0.2, 0.25) is 5.91 Å². The molecule has 1 fully saturated rings. The predicted molar refractivity (Wildman–Crippen MR) is 65.9 cm³/mol. The third-order valence-electron chi connectivity index (χ3n) is 2.89. The van der Waals surface area contributed by atoms with Crippen LogP contribution in [0, 0.1) is 5.92 Å². The van der Waals surface area contributed by atoms with Crippen LogP contribution < -0.4 is 10.1 Å². The number of carbonyl (C=O) groups excluding carboxylic acids is 1. The molecule has 0 aromatic heterocycles. The molecule has 0 bridgehead atoms. The van der Waals surface area contributed by atoms with Crippen LogP contribution in [0.4, 0.5) is 5.69 Å². The lowest BCUT2D eigenvalue weighted by Crippen LogP contribution is -2.12. The molecule has 0 saturated heterocycles. The summed E-state index contributed by atoms with van der Waals surface area (Å²) in [6, 6.07) is 4.51. The van der Waals surface area contributed by atoms with Crippen LogP contribution in [0.1, 0.15) is 29.6 Å². The zero-order valence-corrected chi connectivity index (χ0v) is 10.1. The fourth-order valence-corrected chi connectivity index (χ4v) is 1.74. The molecule has 5 heteroatoms. The van der Waals surface area contributed by atoms with Gasteiger partial charge < -0.3 is 15.2 Å². The van der Waals surface area contributed by atoms with E-state index in [2.05, 4.69) is 5.32 Å². The monoisotopic (exact) mass is 249 g/mol. The molecular formula is C13H15NO4. The molecule has 0 aliphatic heterocycles. The van der Waals surface area contributed by atoms with Crippen LogP contribution in [0.25, 0.3) is 0 Å². The van der Waals surface area contributed by atoms with Gasteiger partial charge in [-0.1, -0.05) is 0 Å². The molecule has 0 radical (unpaired) electrons. The summed E-state index contributed by atoms with van der Waals surface area (Å²) in [5.41, 5.74) is 0.639. The molecule has 1 aromatic rings. The molecule has 0 unspecified atom stereocenters. The van der Waals surface area contributed by atoms with E-state index in [0.29, 0.717) is 18.0 Å². The highest BCUT2D eigenvalue weighted by Crippen LogP contribution is 2.32. The number of aromatic carboxylic acids is 1. The first-order valence-corrected chi connectivity index (χ1v) is 5.81. The summed E-state index contributed by atoms with van der Waals surface area (Å²) in [5.74, 6) is -0.331. The van der Waals surface area contributed by atoms with Crippen LogP contribution in [0.2, 0.25) is 0 Å². The molecule has 1 aliphatic carbocycles. The van der Waals surface area contributed by atoms with Gasteiger partial charge in [0.1, 0.15) is 11.3 Å². The van der Waals surface area contributed by atoms with E-state index in [1.54, 1.807) is 6.07 Å². The Hall–Kier alpha value is -2.04. The summed E-state index contributed by atoms with van der Waals surface area (Å²) in [4.78, 5) is 22.5. The van der Waals surface area contributed by atoms with Gasteiger partial charge in [0, 0.05) is 18.2 Å². The summed E-state index contributed by atoms with van der Waals surface area (Å²) in [7, 11) is 1.40. The van der Waals surface area contributed by atoms with Crippen LogP contribution in [0.5, 0.6) is 5.75 Å². The first-order chi connectivity index (χ1) is 8.60. The average Bonchev–Trinajstić information content (AvgIpc) is 3.12. The van der Waals surface area contributed by atoms with Crippen LogP contribution in [0.3, 0.4) is 0 Å². The summed E-state index contributed by atoms with van der Waals surface area (Å²) >= 11 is 0. The second-order valence-corrected chi connectivity index (χ2v) is 4.42. The lowest BCUT2D eigenvalue weighted by atomic mass is 10.1. The van der Waals surface area contributed by atoms with E-state index in [1.807, 2.05) is 0 Å². The number of benzene rings is 1. The Bertz CT molecular complexity index is 480. The van der Waals surface area contributed by atoms with Gasteiger partial charge in [0.25, 0.3) is 0 Å². The van der Waals surface area contributed by atoms with Crippen molar-refractivity contribution >= 4 is 17.6 Å². The van der Waals surface area contributed by atoms with E-state index in [-0.39, 0.29) is 17.2 Å². The van der Waals surface area contributed by atoms with Crippen molar-refractivity contribution < 1.29 is 19.4 Å². The highest BCUT2D eigenvalue weighted by molar-refractivity contribution is 5.94. The SMILES string of the molecule is COc1cc(NC(=O)CC2CC2)ccc1C(=O)O. The van der Waals surface area contributed by atoms with Gasteiger partial charge in [-0.05, 0) is 30.9 Å². The zero-order chi connectivity index (χ0) is 13.1. The number of rotatable bonds is 5. The number of amides is 1. The lowest BCUT2D eigenvalue weighted by molar-refractivity contribution is -0.116. The number of hydrogen-bond acceptors (Lipinski definition) is 3. The van der Waals surface area contributed by atoms with Gasteiger partial charge in [-0.15, -0.1) is 0 Å². The summed E-state index contributed by atoms with van der Waals surface area (Å²) in [6.07, 6.45) is 2.77. The number of methoxy groups -OCH3 is 1. The average molecular weight is 249 g/mol. The minimum Gasteiger partial charge on any atom is -0.496 e. The number of ether oxygens (including phenoxy) is 1. The summed E-state index contributed by atoms with van der Waals surface area (Å²) < 4.78 is 4.99. The van der Waals surface area contributed by atoms with Crippen LogP contribution in [-0.4, -0.2) is 24.1 Å². The maximum atomic E-state index is 11.6. The van der Waals surface area contributed by atoms with E-state index in [1.165, 1.54) is 19.2 Å². The van der Waals surface area contributed by atoms with Crippen LogP contribution in [-0.2, 0) is 4.79 Å². The number of anilines is 1. The fraction of sp³-hybridized carbons (Fsp3) is 0.385. The molecule has 0 atom stereocenters. The normalized spacial score (nSPS) is 14.1. The van der Waals surface area contributed by atoms with Crippen molar-refractivity contribution in [1.82, 2.24) is 0 Å². The lowest BCUT2D eigenvalue weighted by Gasteiger charge is -2.09. The van der Waals surface area contributed by atoms with Crippen molar-refractivity contribution in [2.24, 2.45) is 5.92 Å². The van der Waals surface area contributed by atoms with Crippen LogP contribution >= 0.6 is 0 Å². The molecule has 1 aliphatic rings. The zero-order valence-electron chi connectivity index (χ0n) is 10.1. The van der Waals surface area contributed by atoms with Gasteiger partial charge in [0.05, 0.1) is 7.11 Å². The number of carboxylic acid groups (broad SMARTS) is 1. The Morgan fingerprint density at radius 2 is 2.17 bits per heavy atom. The molecular weight excluding hydrogens is 234 g/mol. The minimum absolute atomic E-state index is 0.0392. The maximum Gasteiger partial charge on any atom is 0.339 e. The minimum atomic E-state index is -1.05. The van der Waals surface area contributed by atoms with Gasteiger partial charge >= 0.3 is 5.97 Å². The van der Waals surface area contributed by atoms with Gasteiger partial charge in [-0.25, -0.2) is 4.79 Å². The van der Waals surface area contributed by atoms with Crippen molar-refractivity contribution in [2.75, 3.05) is 12.4 Å². The second kappa shape index (κ2) is 5.08. The topological polar surface area (TPSA) is 75.6 Å². The molecule has 5 nitrogen and oxygen atoms in total. The largest absolute Gasteiger partial charge is 0.496 e. The molecule has 0 spiro atoms. The van der Waals surface area contributed by atoms with Crippen molar-refractivity contribution in [1.29, 1.82) is 0 Å². The number of carboxylic acids is 1. The first-order valence-electron chi connectivity index (χ1n) is 5.81. The Morgan fingerprint density at radius 3 is 2.72 bits per heavy atom. The molecule has 1 amide bonds. The standard InChI is InChI=1S/C13H15NO4/c1-18-11-7-9(4-5-10(11)13(16)17)14-12(15)6-8-2-3-8/h4-5,7-8H,2-3,6H2,1H3,(H,14,15)(H,16,17). The fourth-order valence-electron chi connectivity index (χ4n) is 1.74. The Kier molecular flexibility index (Phi) is 3.50. The quantitative estimate of drug-likeness (QED) is 0.838. The predicted octanol–water partition coefficient (Wildman–Crippen LogP) is 2.13. The van der Waals surface area contributed by atoms with Crippen molar-refractivity contribution in [3.05, 3.63) is 23.8 Å². The highest BCUT2D eigenvalue weighted by Gasteiger charge is 2.24. The molecule has 2 rings (SSSR count). The van der Waals surface area contributed by atoms with Gasteiger partial charge in [0.15, 0.2) is 0 Å². The molecule has 2 N–H and O–H groups in total. The molecule has 96 valence electrons. The number of nitrogens with one attached hydrogen (secondary N) is 1. The van der Waals surface area contributed by atoms with Crippen molar-refractivity contribution in [3.8, 4) is 5.75 Å². The van der Waals surface area contributed by atoms with E-state index in [4.69, 9.17) is 9.84 Å². The second-order valence-electron chi connectivity index (χ2n) is 4.42. The van der Waals surface area contributed by atoms with Crippen molar-refractivity contribution in [2.45, 2.75) is 19.3 Å². The van der Waals surface area contributed by atoms with Crippen LogP contribution in [0.15, 0.2) is 18.2 Å². The molecule has 18 heavy (non-hydrogen) atoms. The van der Waals surface area contributed by atoms with Gasteiger partial charge in [-0.2, -0.15) is 0 Å². The van der Waals surface area contributed by atoms with E-state index >= 15 is 0 Å². The first kappa shape index (κ1) is 12.4. The van der Waals surface area contributed by atoms with Gasteiger partial charge in [-0.3, -0.25) is 4.79 Å². The Morgan fingerprint density at radius 1 is 1.44 bits per heavy atom. The smallest absolute Gasteiger partial charge is 0.339 e. The van der Waals surface area contributed by atoms with E-state index in [9.17, 15) is 9.59 Å². The van der Waals surface area contributed by atoms with E-state index < -0.39 is 5.97 Å². The molecule has 1 aromatic carbocycles. The third-order valence-corrected chi connectivity index (χ3v) is 2.89. The Labute approximate surface area is 105 Å². The molecule has 0 heterocycles. The molecule has 1 saturated carbocycles. The maximum absolute atomic E-state index is 11.6.